The first-order valence-electron chi connectivity index (χ1n) is 14.9. The standard InChI is InChI=1S/C36H40FN3O5S/c1-26-18-20-31(21-19-26)46(43,44)40(29-15-11-16-30(23-29)45-5)25-34(41)39(24-28-14-9-10-17-32(28)37)33(35(42)38-36(2,3)4)22-27-12-7-6-8-13-27/h6-21,23,33H,22,24-25H2,1-5H3,(H,38,42)/t33-/m1/s1. The van der Waals surface area contributed by atoms with Crippen molar-refractivity contribution in [2.75, 3.05) is 18.0 Å². The van der Waals surface area contributed by atoms with Crippen molar-refractivity contribution in [1.82, 2.24) is 10.2 Å². The second kappa shape index (κ2) is 14.6. The minimum absolute atomic E-state index is 0.0133. The predicted molar refractivity (Wildman–Crippen MR) is 177 cm³/mol. The van der Waals surface area contributed by atoms with E-state index in [-0.39, 0.29) is 29.1 Å². The number of nitrogens with one attached hydrogen (secondary N) is 1. The maximum absolute atomic E-state index is 15.1. The number of methoxy groups -OCH3 is 1. The number of nitrogens with zero attached hydrogens (tertiary/aromatic N) is 2. The molecule has 0 aliphatic heterocycles. The van der Waals surface area contributed by atoms with E-state index in [0.717, 1.165) is 15.4 Å². The van der Waals surface area contributed by atoms with Crippen LogP contribution in [0.3, 0.4) is 0 Å². The van der Waals surface area contributed by atoms with E-state index in [1.165, 1.54) is 42.3 Å². The monoisotopic (exact) mass is 645 g/mol. The third kappa shape index (κ3) is 8.72. The minimum atomic E-state index is -4.28. The third-order valence-corrected chi connectivity index (χ3v) is 9.09. The molecule has 0 unspecified atom stereocenters. The molecule has 10 heteroatoms. The molecule has 0 aliphatic carbocycles. The van der Waals surface area contributed by atoms with Crippen LogP contribution in [0.5, 0.6) is 5.75 Å². The number of amides is 2. The zero-order valence-electron chi connectivity index (χ0n) is 26.7. The fraction of sp³-hybridized carbons (Fsp3) is 0.278. The summed E-state index contributed by atoms with van der Waals surface area (Å²) in [5.74, 6) is -1.29. The highest BCUT2D eigenvalue weighted by atomic mass is 32.2. The van der Waals surface area contributed by atoms with Crippen LogP contribution >= 0.6 is 0 Å². The lowest BCUT2D eigenvalue weighted by atomic mass is 10.0. The predicted octanol–water partition coefficient (Wildman–Crippen LogP) is 5.89. The molecule has 4 aromatic carbocycles. The lowest BCUT2D eigenvalue weighted by molar-refractivity contribution is -0.140. The van der Waals surface area contributed by atoms with Crippen LogP contribution in [0.4, 0.5) is 10.1 Å². The van der Waals surface area contributed by atoms with E-state index in [1.807, 2.05) is 58.0 Å². The molecule has 0 fully saturated rings. The van der Waals surface area contributed by atoms with Crippen LogP contribution < -0.4 is 14.4 Å². The van der Waals surface area contributed by atoms with Gasteiger partial charge in [-0.25, -0.2) is 12.8 Å². The van der Waals surface area contributed by atoms with Gasteiger partial charge in [0.15, 0.2) is 0 Å². The van der Waals surface area contributed by atoms with Gasteiger partial charge in [0.25, 0.3) is 10.0 Å². The van der Waals surface area contributed by atoms with Crippen molar-refractivity contribution < 1.29 is 27.1 Å². The average molecular weight is 646 g/mol. The molecule has 4 aromatic rings. The van der Waals surface area contributed by atoms with Gasteiger partial charge in [0.05, 0.1) is 17.7 Å². The zero-order chi connectivity index (χ0) is 33.5. The van der Waals surface area contributed by atoms with E-state index < -0.39 is 45.8 Å². The first-order valence-corrected chi connectivity index (χ1v) is 16.3. The molecule has 242 valence electrons. The Labute approximate surface area is 270 Å². The summed E-state index contributed by atoms with van der Waals surface area (Å²) in [4.78, 5) is 29.7. The summed E-state index contributed by atoms with van der Waals surface area (Å²) in [5, 5.41) is 2.96. The molecule has 4 rings (SSSR count). The Morgan fingerprint density at radius 2 is 1.54 bits per heavy atom. The minimum Gasteiger partial charge on any atom is -0.497 e. The molecule has 46 heavy (non-hydrogen) atoms. The van der Waals surface area contributed by atoms with Crippen molar-refractivity contribution in [3.05, 3.63) is 126 Å². The summed E-state index contributed by atoms with van der Waals surface area (Å²) in [6.07, 6.45) is 0.118. The summed E-state index contributed by atoms with van der Waals surface area (Å²) >= 11 is 0. The molecular weight excluding hydrogens is 605 g/mol. The van der Waals surface area contributed by atoms with E-state index in [0.29, 0.717) is 5.75 Å². The molecule has 0 saturated heterocycles. The van der Waals surface area contributed by atoms with Crippen LogP contribution in [0.15, 0.2) is 108 Å². The fourth-order valence-corrected chi connectivity index (χ4v) is 6.35. The van der Waals surface area contributed by atoms with E-state index in [1.54, 1.807) is 42.5 Å². The van der Waals surface area contributed by atoms with E-state index >= 15 is 4.39 Å². The number of anilines is 1. The topological polar surface area (TPSA) is 96.0 Å². The summed E-state index contributed by atoms with van der Waals surface area (Å²) in [6, 6.07) is 26.8. The lowest BCUT2D eigenvalue weighted by Crippen LogP contribution is -2.56. The van der Waals surface area contributed by atoms with Crippen LogP contribution in [0.1, 0.15) is 37.5 Å². The molecule has 1 N–H and O–H groups in total. The first-order chi connectivity index (χ1) is 21.8. The van der Waals surface area contributed by atoms with Crippen molar-refractivity contribution in [2.45, 2.75) is 57.1 Å². The number of carbonyl (C=O) groups excluding carboxylic acids is 2. The van der Waals surface area contributed by atoms with Crippen LogP contribution in [0.25, 0.3) is 0 Å². The summed E-state index contributed by atoms with van der Waals surface area (Å²) in [5.41, 5.74) is 1.39. The second-order valence-electron chi connectivity index (χ2n) is 12.1. The quantitative estimate of drug-likeness (QED) is 0.207. The maximum Gasteiger partial charge on any atom is 0.264 e. The summed E-state index contributed by atoms with van der Waals surface area (Å²) in [6.45, 7) is 6.39. The van der Waals surface area contributed by atoms with E-state index in [9.17, 15) is 18.0 Å². The lowest BCUT2D eigenvalue weighted by Gasteiger charge is -2.35. The van der Waals surface area contributed by atoms with Gasteiger partial charge in [-0.1, -0.05) is 72.3 Å². The molecule has 0 bridgehead atoms. The second-order valence-corrected chi connectivity index (χ2v) is 13.9. The molecular formula is C36H40FN3O5S. The molecule has 0 spiro atoms. The number of ether oxygens (including phenoxy) is 1. The number of benzene rings is 4. The third-order valence-electron chi connectivity index (χ3n) is 7.30. The van der Waals surface area contributed by atoms with Crippen molar-refractivity contribution >= 4 is 27.5 Å². The van der Waals surface area contributed by atoms with Crippen LogP contribution in [-0.4, -0.2) is 50.4 Å². The highest BCUT2D eigenvalue weighted by Gasteiger charge is 2.36. The van der Waals surface area contributed by atoms with Gasteiger partial charge in [0.1, 0.15) is 24.2 Å². The largest absolute Gasteiger partial charge is 0.497 e. The molecule has 0 aromatic heterocycles. The average Bonchev–Trinajstić information content (AvgIpc) is 3.02. The van der Waals surface area contributed by atoms with Crippen LogP contribution in [0.2, 0.25) is 0 Å². The van der Waals surface area contributed by atoms with Gasteiger partial charge < -0.3 is 15.0 Å². The van der Waals surface area contributed by atoms with Crippen molar-refractivity contribution in [2.24, 2.45) is 0 Å². The van der Waals surface area contributed by atoms with E-state index in [4.69, 9.17) is 4.74 Å². The Kier molecular flexibility index (Phi) is 10.8. The molecule has 0 aliphatic rings. The first kappa shape index (κ1) is 34.2. The number of rotatable bonds is 12. The Balaban J connectivity index is 1.84. The zero-order valence-corrected chi connectivity index (χ0v) is 27.6. The summed E-state index contributed by atoms with van der Waals surface area (Å²) in [7, 11) is -2.82. The van der Waals surface area contributed by atoms with Gasteiger partial charge in [-0.3, -0.25) is 13.9 Å². The summed E-state index contributed by atoms with van der Waals surface area (Å²) < 4.78 is 49.8. The van der Waals surface area contributed by atoms with Crippen molar-refractivity contribution in [3.63, 3.8) is 0 Å². The maximum atomic E-state index is 15.1. The normalized spacial score (nSPS) is 12.2. The molecule has 0 heterocycles. The molecule has 0 radical (unpaired) electrons. The number of aryl methyl sites for hydroxylation is 1. The number of hydrogen-bond acceptors (Lipinski definition) is 5. The SMILES string of the molecule is COc1cccc(N(CC(=O)N(Cc2ccccc2F)[C@H](Cc2ccccc2)C(=O)NC(C)(C)C)S(=O)(=O)c2ccc(C)cc2)c1. The number of hydrogen-bond donors (Lipinski definition) is 1. The molecule has 2 amide bonds. The van der Waals surface area contributed by atoms with Gasteiger partial charge in [0.2, 0.25) is 11.8 Å². The van der Waals surface area contributed by atoms with E-state index in [2.05, 4.69) is 5.32 Å². The highest BCUT2D eigenvalue weighted by molar-refractivity contribution is 7.92. The molecule has 1 atom stereocenters. The fourth-order valence-electron chi connectivity index (χ4n) is 4.95. The Morgan fingerprint density at radius 1 is 0.891 bits per heavy atom. The van der Waals surface area contributed by atoms with Gasteiger partial charge >= 0.3 is 0 Å². The van der Waals surface area contributed by atoms with Gasteiger partial charge in [-0.2, -0.15) is 0 Å². The number of halogens is 1. The highest BCUT2D eigenvalue weighted by Crippen LogP contribution is 2.28. The Bertz CT molecular complexity index is 1760. The number of carbonyl (C=O) groups is 2. The van der Waals surface area contributed by atoms with Gasteiger partial charge in [-0.05, 0) is 63.6 Å². The molecule has 0 saturated carbocycles. The Morgan fingerprint density at radius 3 is 2.17 bits per heavy atom. The molecule has 8 nitrogen and oxygen atoms in total. The van der Waals surface area contributed by atoms with Crippen LogP contribution in [0, 0.1) is 12.7 Å². The smallest absolute Gasteiger partial charge is 0.264 e. The van der Waals surface area contributed by atoms with Gasteiger partial charge in [0, 0.05) is 30.1 Å². The Hall–Kier alpha value is -4.70. The van der Waals surface area contributed by atoms with Crippen molar-refractivity contribution in [3.8, 4) is 5.75 Å². The van der Waals surface area contributed by atoms with Crippen LogP contribution in [-0.2, 0) is 32.6 Å². The van der Waals surface area contributed by atoms with Gasteiger partial charge in [-0.15, -0.1) is 0 Å². The van der Waals surface area contributed by atoms with Crippen molar-refractivity contribution in [1.29, 1.82) is 0 Å². The number of sulfonamides is 1.